The predicted octanol–water partition coefficient (Wildman–Crippen LogP) is 4.16. The molecule has 35 heavy (non-hydrogen) atoms. The Bertz CT molecular complexity index is 1140. The zero-order valence-corrected chi connectivity index (χ0v) is 17.6. The molecule has 8 nitrogen and oxygen atoms in total. The number of alkyl halides is 8. The molecule has 0 radical (unpaired) electrons. The molecular weight excluding hydrogens is 496 g/mol. The molecule has 0 unspecified atom stereocenters. The van der Waals surface area contributed by atoms with Crippen LogP contribution in [0.1, 0.15) is 24.2 Å². The zero-order chi connectivity index (χ0) is 25.8. The summed E-state index contributed by atoms with van der Waals surface area (Å²) in [5.41, 5.74) is -3.71. The van der Waals surface area contributed by atoms with Gasteiger partial charge in [0.05, 0.1) is 16.8 Å². The predicted molar refractivity (Wildman–Crippen MR) is 104 cm³/mol. The molecule has 2 N–H and O–H groups in total. The number of carbonyl (C=O) groups is 1. The molecule has 0 saturated carbocycles. The number of nitrogens with zero attached hydrogens (tertiary/aromatic N) is 4. The number of fused-ring (bicyclic) bond motifs is 1. The largest absolute Gasteiger partial charge is 0.457 e. The Morgan fingerprint density at radius 2 is 1.80 bits per heavy atom. The average Bonchev–Trinajstić information content (AvgIpc) is 2.76. The van der Waals surface area contributed by atoms with Gasteiger partial charge < -0.3 is 15.0 Å². The highest BCUT2D eigenvalue weighted by atomic mass is 19.4. The van der Waals surface area contributed by atoms with Gasteiger partial charge in [-0.15, -0.1) is 0 Å². The van der Waals surface area contributed by atoms with Crippen molar-refractivity contribution in [2.45, 2.75) is 37.3 Å². The number of rotatable bonds is 3. The smallest absolute Gasteiger partial charge is 0.434 e. The molecule has 2 aromatic rings. The second-order valence-corrected chi connectivity index (χ2v) is 7.91. The van der Waals surface area contributed by atoms with Crippen LogP contribution in [0.5, 0.6) is 0 Å². The zero-order valence-electron chi connectivity index (χ0n) is 17.6. The molecule has 2 aromatic heterocycles. The molecule has 0 aromatic carbocycles. The molecule has 4 rings (SSSR count). The van der Waals surface area contributed by atoms with E-state index in [0.717, 1.165) is 6.07 Å². The molecule has 1 saturated heterocycles. The van der Waals surface area contributed by atoms with Crippen molar-refractivity contribution in [3.63, 3.8) is 0 Å². The van der Waals surface area contributed by atoms with Crippen molar-refractivity contribution in [3.05, 3.63) is 29.6 Å². The number of ether oxygens (including phenoxy) is 1. The molecular formula is C19H16F8N6O2. The molecule has 2 aliphatic heterocycles. The van der Waals surface area contributed by atoms with Crippen LogP contribution in [0.2, 0.25) is 0 Å². The fourth-order valence-corrected chi connectivity index (χ4v) is 3.75. The first-order chi connectivity index (χ1) is 16.2. The van der Waals surface area contributed by atoms with Crippen LogP contribution in [0, 0.1) is 0 Å². The van der Waals surface area contributed by atoms with Crippen LogP contribution in [0.25, 0.3) is 11.4 Å². The van der Waals surface area contributed by atoms with Crippen molar-refractivity contribution in [1.29, 1.82) is 0 Å². The molecule has 190 valence electrons. The number of amides is 1. The highest BCUT2D eigenvalue weighted by Crippen LogP contribution is 2.51. The summed E-state index contributed by atoms with van der Waals surface area (Å²) in [6.07, 6.45) is -15.3. The normalized spacial score (nSPS) is 21.3. The molecule has 1 amide bonds. The van der Waals surface area contributed by atoms with E-state index in [1.54, 1.807) is 6.92 Å². The molecule has 0 bridgehead atoms. The molecule has 0 aliphatic carbocycles. The number of pyridine rings is 1. The highest BCUT2D eigenvalue weighted by Gasteiger charge is 2.66. The van der Waals surface area contributed by atoms with E-state index < -0.39 is 58.8 Å². The van der Waals surface area contributed by atoms with Crippen LogP contribution in [0.3, 0.4) is 0 Å². The van der Waals surface area contributed by atoms with Gasteiger partial charge in [-0.05, 0) is 19.1 Å². The van der Waals surface area contributed by atoms with Crippen molar-refractivity contribution in [1.82, 2.24) is 20.3 Å². The summed E-state index contributed by atoms with van der Waals surface area (Å²) < 4.78 is 113. The SMILES string of the molecule is C[C@H]1CN(c2cc(C(F)(F)F)cc(-c3ncnc4c3[C@H](C(F)(F)C(F)(F)F)OC(=O)N4)n2)CCN1. The number of carbonyl (C=O) groups excluding carboxylic acids is 1. The summed E-state index contributed by atoms with van der Waals surface area (Å²) in [5, 5.41) is 4.97. The lowest BCUT2D eigenvalue weighted by molar-refractivity contribution is -0.314. The Labute approximate surface area is 191 Å². The van der Waals surface area contributed by atoms with Crippen molar-refractivity contribution in [3.8, 4) is 11.4 Å². The van der Waals surface area contributed by atoms with Crippen LogP contribution in [-0.4, -0.2) is 58.8 Å². The topological polar surface area (TPSA) is 92.3 Å². The molecule has 1 fully saturated rings. The lowest BCUT2D eigenvalue weighted by atomic mass is 9.98. The molecule has 2 aliphatic rings. The maximum atomic E-state index is 14.3. The summed E-state index contributed by atoms with van der Waals surface area (Å²) >= 11 is 0. The number of halogens is 8. The second-order valence-electron chi connectivity index (χ2n) is 7.91. The van der Waals surface area contributed by atoms with Crippen LogP contribution < -0.4 is 15.5 Å². The van der Waals surface area contributed by atoms with Crippen molar-refractivity contribution >= 4 is 17.7 Å². The van der Waals surface area contributed by atoms with E-state index in [2.05, 4.69) is 25.0 Å². The average molecular weight is 512 g/mol. The molecule has 2 atom stereocenters. The van der Waals surface area contributed by atoms with Gasteiger partial charge >= 0.3 is 24.4 Å². The third kappa shape index (κ3) is 4.66. The maximum absolute atomic E-state index is 14.3. The number of hydrogen-bond acceptors (Lipinski definition) is 7. The third-order valence-corrected chi connectivity index (χ3v) is 5.37. The van der Waals surface area contributed by atoms with Gasteiger partial charge in [0.15, 0.2) is 0 Å². The summed E-state index contributed by atoms with van der Waals surface area (Å²) in [7, 11) is 0. The Balaban J connectivity index is 1.92. The summed E-state index contributed by atoms with van der Waals surface area (Å²) in [4.78, 5) is 24.4. The minimum absolute atomic E-state index is 0.117. The van der Waals surface area contributed by atoms with Gasteiger partial charge in [0.25, 0.3) is 0 Å². The lowest BCUT2D eigenvalue weighted by Crippen LogP contribution is -2.49. The van der Waals surface area contributed by atoms with Crippen LogP contribution >= 0.6 is 0 Å². The van der Waals surface area contributed by atoms with Crippen LogP contribution in [0.15, 0.2) is 18.5 Å². The first kappa shape index (κ1) is 24.8. The van der Waals surface area contributed by atoms with Gasteiger partial charge in [-0.1, -0.05) is 0 Å². The Morgan fingerprint density at radius 1 is 1.09 bits per heavy atom. The molecule has 4 heterocycles. The Kier molecular flexibility index (Phi) is 5.97. The minimum Gasteiger partial charge on any atom is -0.434 e. The second kappa shape index (κ2) is 8.42. The maximum Gasteiger partial charge on any atom is 0.457 e. The number of anilines is 2. The van der Waals surface area contributed by atoms with E-state index in [4.69, 9.17) is 0 Å². The van der Waals surface area contributed by atoms with Crippen molar-refractivity contribution in [2.75, 3.05) is 29.9 Å². The fourth-order valence-electron chi connectivity index (χ4n) is 3.75. The number of cyclic esters (lactones) is 1. The van der Waals surface area contributed by atoms with Crippen molar-refractivity contribution < 1.29 is 44.7 Å². The van der Waals surface area contributed by atoms with Gasteiger partial charge in [-0.2, -0.15) is 35.1 Å². The fraction of sp³-hybridized carbons (Fsp3) is 0.474. The van der Waals surface area contributed by atoms with Crippen LogP contribution in [0.4, 0.5) is 51.6 Å². The molecule has 0 spiro atoms. The summed E-state index contributed by atoms with van der Waals surface area (Å²) in [6.45, 7) is 2.71. The standard InChI is InChI=1S/C19H16F8N6O2/c1-8-6-33(3-2-28-8)11-5-9(18(22,23)24)4-10(31-11)13-12-14(17(20,21)19(25,26)27)35-16(34)32-15(12)30-7-29-13/h4-5,7-8,14,28H,2-3,6H2,1H3,(H,29,30,32,34)/t8-,14+/m0/s1. The lowest BCUT2D eigenvalue weighted by Gasteiger charge is -2.34. The van der Waals surface area contributed by atoms with Gasteiger partial charge in [-0.25, -0.2) is 19.7 Å². The minimum atomic E-state index is -6.16. The number of hydrogen-bond donors (Lipinski definition) is 2. The van der Waals surface area contributed by atoms with E-state index in [0.29, 0.717) is 18.9 Å². The summed E-state index contributed by atoms with van der Waals surface area (Å²) in [6, 6.07) is 1.10. The number of aromatic nitrogens is 3. The summed E-state index contributed by atoms with van der Waals surface area (Å²) in [5.74, 6) is -6.57. The van der Waals surface area contributed by atoms with E-state index in [-0.39, 0.29) is 24.9 Å². The first-order valence-corrected chi connectivity index (χ1v) is 10.0. The van der Waals surface area contributed by atoms with Gasteiger partial charge in [0.1, 0.15) is 23.7 Å². The van der Waals surface area contributed by atoms with E-state index >= 15 is 0 Å². The van der Waals surface area contributed by atoms with Gasteiger partial charge in [0, 0.05) is 25.7 Å². The van der Waals surface area contributed by atoms with E-state index in [1.807, 2.05) is 5.32 Å². The monoisotopic (exact) mass is 512 g/mol. The van der Waals surface area contributed by atoms with Crippen molar-refractivity contribution in [2.24, 2.45) is 0 Å². The highest BCUT2D eigenvalue weighted by molar-refractivity contribution is 5.88. The van der Waals surface area contributed by atoms with Crippen LogP contribution in [-0.2, 0) is 10.9 Å². The van der Waals surface area contributed by atoms with Gasteiger partial charge in [-0.3, -0.25) is 5.32 Å². The molecule has 16 heteroatoms. The first-order valence-electron chi connectivity index (χ1n) is 10.0. The van der Waals surface area contributed by atoms with E-state index in [9.17, 15) is 39.9 Å². The Morgan fingerprint density at radius 3 is 2.43 bits per heavy atom. The third-order valence-electron chi connectivity index (χ3n) is 5.37. The number of piperazine rings is 1. The Hall–Kier alpha value is -3.30. The van der Waals surface area contributed by atoms with Gasteiger partial charge in [0.2, 0.25) is 6.10 Å². The van der Waals surface area contributed by atoms with E-state index in [1.165, 1.54) is 4.90 Å². The number of nitrogens with one attached hydrogen (secondary N) is 2. The quantitative estimate of drug-likeness (QED) is 0.597.